The third-order valence-corrected chi connectivity index (χ3v) is 14.0. The highest BCUT2D eigenvalue weighted by Gasteiger charge is 2.43. The Bertz CT molecular complexity index is 2600. The smallest absolute Gasteiger partial charge is 0.333 e. The van der Waals surface area contributed by atoms with Gasteiger partial charge in [0, 0.05) is 77.6 Å². The number of nitrogens with zero attached hydrogens (tertiary/aromatic N) is 3. The SMILES string of the molecule is C.C.C.C.C.C.C.C.C.C.C.C=N.CC.CC.CC.CC1(CCCCCC(=O)ON2C(=O)CCC2=O)/C(=C/C=C/C=C/c2sc3cc(SOO[O-])ccc3[n+]2CCCS(=O)(=O)[O-])N(CCCS(=O)(=O)[O-])c2ccc(S(=O)(=O)[O-])cc21.N.N. The molecule has 1 saturated heterocycles. The fraction of sp³-hybridized carbons (Fsp3) is 0.582. The van der Waals surface area contributed by atoms with Crippen molar-refractivity contribution in [3.63, 3.8) is 0 Å². The molecule has 27 heteroatoms. The Morgan fingerprint density at radius 3 is 1.77 bits per heavy atom. The predicted molar refractivity (Wildman–Crippen MR) is 342 cm³/mol. The lowest BCUT2D eigenvalue weighted by molar-refractivity contribution is -0.777. The van der Waals surface area contributed by atoms with Crippen molar-refractivity contribution in [2.45, 2.75) is 210 Å². The molecule has 2 amide bonds. The lowest BCUT2D eigenvalue weighted by Crippen LogP contribution is -2.36. The van der Waals surface area contributed by atoms with Crippen LogP contribution in [-0.2, 0) is 70.9 Å². The Kier molecular flexibility index (Phi) is 70.8. The highest BCUT2D eigenvalue weighted by atomic mass is 32.2. The second-order valence-corrected chi connectivity index (χ2v) is 20.5. The normalized spacial score (nSPS) is 13.8. The zero-order chi connectivity index (χ0) is 52.6. The molecule has 1 aromatic heterocycles. The van der Waals surface area contributed by atoms with Crippen LogP contribution >= 0.6 is 23.4 Å². The summed E-state index contributed by atoms with van der Waals surface area (Å²) < 4.78 is 112. The van der Waals surface area contributed by atoms with E-state index in [1.807, 2.05) is 53.0 Å². The number of hydroxylamine groups is 2. The van der Waals surface area contributed by atoms with E-state index in [9.17, 15) is 58.6 Å². The number of thiazole rings is 1. The lowest BCUT2D eigenvalue weighted by Gasteiger charge is -2.31. The van der Waals surface area contributed by atoms with Crippen molar-refractivity contribution in [3.8, 4) is 0 Å². The lowest BCUT2D eigenvalue weighted by atomic mass is 9.77. The zero-order valence-corrected chi connectivity index (χ0v) is 45.2. The molecule has 1 unspecified atom stereocenters. The van der Waals surface area contributed by atoms with Gasteiger partial charge in [0.15, 0.2) is 6.54 Å². The van der Waals surface area contributed by atoms with E-state index in [-0.39, 0.29) is 139 Å². The third-order valence-electron chi connectivity index (χ3n) is 9.88. The first kappa shape index (κ1) is 109. The Hall–Kier alpha value is -4.49. The van der Waals surface area contributed by atoms with Crippen molar-refractivity contribution < 1.29 is 77.3 Å². The van der Waals surface area contributed by atoms with E-state index < -0.39 is 70.0 Å². The van der Waals surface area contributed by atoms with Gasteiger partial charge in [-0.25, -0.2) is 30.0 Å². The molecule has 0 radical (unpaired) electrons. The van der Waals surface area contributed by atoms with Crippen molar-refractivity contribution in [1.29, 1.82) is 5.41 Å². The topological polar surface area (TPSA) is 378 Å². The molecule has 7 N–H and O–H groups in total. The number of amides is 2. The summed E-state index contributed by atoms with van der Waals surface area (Å²) in [6.45, 7) is 16.6. The van der Waals surface area contributed by atoms with E-state index in [1.54, 1.807) is 53.5 Å². The van der Waals surface area contributed by atoms with Crippen LogP contribution in [0.3, 0.4) is 0 Å². The number of aromatic nitrogens is 1. The summed E-state index contributed by atoms with van der Waals surface area (Å²) in [5.74, 6) is -3.21. The van der Waals surface area contributed by atoms with Crippen LogP contribution in [0.15, 0.2) is 76.2 Å². The molecule has 82 heavy (non-hydrogen) atoms. The van der Waals surface area contributed by atoms with Gasteiger partial charge in [-0.1, -0.05) is 166 Å². The Morgan fingerprint density at radius 1 is 0.744 bits per heavy atom. The minimum absolute atomic E-state index is 0. The largest absolute Gasteiger partial charge is 0.748 e. The van der Waals surface area contributed by atoms with E-state index in [0.717, 1.165) is 16.3 Å². The molecule has 2 aliphatic rings. The monoisotopic (exact) mass is 1270 g/mol. The number of aryl methyl sites for hydroxylation is 1. The molecule has 3 aromatic rings. The molecule has 1 atom stereocenters. The standard InChI is InChI=1S/C37H43N3O16S5.3C2H6.CH3N.11CH4.2H3N/c1-37(19-7-3-6-12-36(43)54-40-33(41)17-18-34(40)42)28-25-27(61(51,52)53)14-16-29(28)38(20-8-22-59(45,46)47)32(37)10-4-2-5-11-35-39(21-9-23-60(48,49)50)30-15-13-26(58-56-55-44)24-31(30)57-35;4*1-2;;;;;;;;;;;;;/h2,4-5,10-11,13-16,24-25H,3,6-9,12,17-23H2,1H3,(H3-,44,45,46,47,48,49,50,51,52,53);3*1-2H3;2H,1H2;11*1H4;2*1H3/p-3. The number of unbranched alkanes of at least 4 members (excludes halogenated alkanes) is 2. The number of hydrogen-bond donors (Lipinski definition) is 3. The molecule has 0 saturated carbocycles. The molecule has 2 aromatic carbocycles. The maximum atomic E-state index is 12.4. The van der Waals surface area contributed by atoms with Gasteiger partial charge in [-0.3, -0.25) is 14.6 Å². The number of imide groups is 1. The third kappa shape index (κ3) is 33.7. The van der Waals surface area contributed by atoms with Crippen molar-refractivity contribution in [3.05, 3.63) is 77.0 Å². The summed E-state index contributed by atoms with van der Waals surface area (Å²) in [5, 5.41) is 20.4. The van der Waals surface area contributed by atoms with Crippen molar-refractivity contribution in [2.75, 3.05) is 23.0 Å². The van der Waals surface area contributed by atoms with Gasteiger partial charge in [0.2, 0.25) is 5.52 Å². The number of fused-ring (bicyclic) bond motifs is 2. The highest BCUT2D eigenvalue weighted by molar-refractivity contribution is 7.94. The van der Waals surface area contributed by atoms with E-state index in [4.69, 9.17) is 10.2 Å². The number of rotatable bonds is 22. The minimum Gasteiger partial charge on any atom is -0.748 e. The van der Waals surface area contributed by atoms with Gasteiger partial charge in [-0.15, -0.1) is 5.06 Å². The van der Waals surface area contributed by atoms with Crippen LogP contribution in [0.1, 0.15) is 199 Å². The first-order valence-corrected chi connectivity index (χ1v) is 28.1. The van der Waals surface area contributed by atoms with Crippen molar-refractivity contribution >= 4 is 100 Å². The molecule has 22 nitrogen and oxygen atoms in total. The molecule has 3 heterocycles. The fourth-order valence-corrected chi connectivity index (χ4v) is 10.2. The van der Waals surface area contributed by atoms with Gasteiger partial charge < -0.3 is 46.4 Å². The first-order valence-electron chi connectivity index (χ1n) is 22.0. The number of carbonyl (C=O) groups is 3. The van der Waals surface area contributed by atoms with E-state index in [0.29, 0.717) is 69.6 Å². The van der Waals surface area contributed by atoms with Crippen LogP contribution in [0.2, 0.25) is 0 Å². The molecule has 1 fully saturated rings. The molecular formula is C55H111N6O16S5-3. The molecule has 0 aliphatic carbocycles. The van der Waals surface area contributed by atoms with Crippen LogP contribution in [0.5, 0.6) is 0 Å². The second-order valence-electron chi connectivity index (χ2n) is 14.2. The maximum Gasteiger partial charge on any atom is 0.333 e. The number of nitrogens with one attached hydrogen (secondary N) is 1. The van der Waals surface area contributed by atoms with E-state index in [2.05, 4.69) is 16.1 Å². The zero-order valence-electron chi connectivity index (χ0n) is 41.1. The summed E-state index contributed by atoms with van der Waals surface area (Å²) in [4.78, 5) is 42.8. The van der Waals surface area contributed by atoms with Crippen LogP contribution in [0.4, 0.5) is 5.69 Å². The number of carbonyl (C=O) groups excluding carboxylic acids is 3. The molecule has 5 rings (SSSR count). The quantitative estimate of drug-likeness (QED) is 0.00968. The number of hydrogen-bond acceptors (Lipinski definition) is 22. The predicted octanol–water partition coefficient (Wildman–Crippen LogP) is 13.6. The second kappa shape index (κ2) is 53.3. The van der Waals surface area contributed by atoms with Gasteiger partial charge in [0.1, 0.15) is 14.8 Å². The van der Waals surface area contributed by atoms with Gasteiger partial charge in [-0.2, -0.15) is 8.90 Å². The maximum absolute atomic E-state index is 12.4. The Balaban J connectivity index is -0.000000197. The summed E-state index contributed by atoms with van der Waals surface area (Å²) in [5.41, 5.74) is 1.28. The summed E-state index contributed by atoms with van der Waals surface area (Å²) in [7, 11) is -13.9. The summed E-state index contributed by atoms with van der Waals surface area (Å²) in [6, 6.07) is 9.03. The number of anilines is 1. The average Bonchev–Trinajstić information content (AvgIpc) is 3.90. The molecule has 0 bridgehead atoms. The summed E-state index contributed by atoms with van der Waals surface area (Å²) in [6.07, 6.45) is 9.91. The van der Waals surface area contributed by atoms with E-state index in [1.165, 1.54) is 23.5 Å². The van der Waals surface area contributed by atoms with Crippen LogP contribution in [-0.4, -0.2) is 86.5 Å². The highest BCUT2D eigenvalue weighted by Crippen LogP contribution is 2.51. The van der Waals surface area contributed by atoms with Gasteiger partial charge in [0.05, 0.1) is 37.2 Å². The van der Waals surface area contributed by atoms with Crippen LogP contribution in [0, 0.1) is 5.41 Å². The first-order chi connectivity index (χ1) is 32.7. The minimum atomic E-state index is -4.89. The number of allylic oxidation sites excluding steroid dienone is 5. The number of benzene rings is 2. The molecule has 2 aliphatic heterocycles. The summed E-state index contributed by atoms with van der Waals surface area (Å²) >= 11 is 2.03. The Labute approximate surface area is 507 Å². The molecule has 0 spiro atoms. The molecular weight excluding hydrogens is 1160 g/mol. The van der Waals surface area contributed by atoms with Crippen LogP contribution < -0.4 is 27.0 Å². The van der Waals surface area contributed by atoms with Gasteiger partial charge >= 0.3 is 5.97 Å². The Morgan fingerprint density at radius 2 is 1.27 bits per heavy atom. The molecule has 490 valence electrons. The van der Waals surface area contributed by atoms with E-state index >= 15 is 0 Å². The van der Waals surface area contributed by atoms with Crippen molar-refractivity contribution in [2.24, 2.45) is 0 Å². The van der Waals surface area contributed by atoms with Crippen LogP contribution in [0.25, 0.3) is 16.3 Å². The average molecular weight is 1270 g/mol. The van der Waals surface area contributed by atoms with Crippen molar-refractivity contribution in [1.82, 2.24) is 17.4 Å². The van der Waals surface area contributed by atoms with Gasteiger partial charge in [-0.05, 0) is 74.9 Å². The van der Waals surface area contributed by atoms with Gasteiger partial charge in [0.25, 0.3) is 16.8 Å². The fourth-order valence-electron chi connectivity index (χ4n) is 7.11.